The molecule has 4 nitrogen and oxygen atoms in total. The van der Waals surface area contributed by atoms with Crippen LogP contribution < -0.4 is 10.6 Å². The predicted octanol–water partition coefficient (Wildman–Crippen LogP) is 4.11. The lowest BCUT2D eigenvalue weighted by molar-refractivity contribution is -0.115. The van der Waals surface area contributed by atoms with Gasteiger partial charge in [-0.2, -0.15) is 0 Å². The summed E-state index contributed by atoms with van der Waals surface area (Å²) < 4.78 is 0. The third-order valence-corrected chi connectivity index (χ3v) is 6.38. The van der Waals surface area contributed by atoms with E-state index in [-0.39, 0.29) is 11.7 Å². The number of benzene rings is 2. The molecule has 29 heavy (non-hydrogen) atoms. The predicted molar refractivity (Wildman–Crippen MR) is 121 cm³/mol. The Morgan fingerprint density at radius 1 is 0.966 bits per heavy atom. The molecule has 0 amide bonds. The Morgan fingerprint density at radius 2 is 1.72 bits per heavy atom. The highest BCUT2D eigenvalue weighted by molar-refractivity contribution is 6.02. The van der Waals surface area contributed by atoms with E-state index < -0.39 is 0 Å². The van der Waals surface area contributed by atoms with Crippen LogP contribution in [0.15, 0.2) is 48.5 Å². The molecule has 2 aromatic carbocycles. The maximum absolute atomic E-state index is 12.0. The number of anilines is 2. The minimum absolute atomic E-state index is 0.0599. The molecular weight excluding hydrogens is 358 g/mol. The van der Waals surface area contributed by atoms with Gasteiger partial charge in [0.25, 0.3) is 0 Å². The highest BCUT2D eigenvalue weighted by Crippen LogP contribution is 2.33. The van der Waals surface area contributed by atoms with Gasteiger partial charge >= 0.3 is 0 Å². The molecule has 2 aromatic rings. The molecule has 1 atom stereocenters. The highest BCUT2D eigenvalue weighted by atomic mass is 16.1. The number of carbonyl (C=O) groups is 1. The van der Waals surface area contributed by atoms with Crippen molar-refractivity contribution in [3.05, 3.63) is 65.2 Å². The van der Waals surface area contributed by atoms with E-state index in [0.29, 0.717) is 0 Å². The van der Waals surface area contributed by atoms with Gasteiger partial charge in [0.1, 0.15) is 0 Å². The summed E-state index contributed by atoms with van der Waals surface area (Å²) in [6, 6.07) is 14.7. The van der Waals surface area contributed by atoms with Gasteiger partial charge in [0.05, 0.1) is 0 Å². The van der Waals surface area contributed by atoms with Gasteiger partial charge in [-0.25, -0.2) is 0 Å². The third-order valence-electron chi connectivity index (χ3n) is 6.38. The minimum atomic E-state index is -0.0599. The van der Waals surface area contributed by atoms with Crippen LogP contribution in [-0.4, -0.2) is 43.4 Å². The van der Waals surface area contributed by atoms with Crippen LogP contribution >= 0.6 is 0 Å². The quantitative estimate of drug-likeness (QED) is 0.597. The number of ketones is 1. The van der Waals surface area contributed by atoms with Gasteiger partial charge in [-0.1, -0.05) is 37.3 Å². The number of carbonyl (C=O) groups excluding carboxylic acids is 1. The molecule has 0 aromatic heterocycles. The van der Waals surface area contributed by atoms with Gasteiger partial charge in [-0.15, -0.1) is 0 Å². The SMILES string of the molecule is CC1C(=O)C=Cc2c1ccc(N)c2CCCCN1CCN(c2ccccc2)CC1. The molecule has 1 aliphatic carbocycles. The molecule has 0 spiro atoms. The van der Waals surface area contributed by atoms with Gasteiger partial charge < -0.3 is 10.6 Å². The lowest BCUT2D eigenvalue weighted by Gasteiger charge is -2.36. The van der Waals surface area contributed by atoms with E-state index in [1.165, 1.54) is 23.2 Å². The largest absolute Gasteiger partial charge is 0.398 e. The minimum Gasteiger partial charge on any atom is -0.398 e. The first-order chi connectivity index (χ1) is 14.1. The van der Waals surface area contributed by atoms with Gasteiger partial charge in [-0.3, -0.25) is 9.69 Å². The van der Waals surface area contributed by atoms with Crippen LogP contribution in [0.4, 0.5) is 11.4 Å². The van der Waals surface area contributed by atoms with Gasteiger partial charge in [0, 0.05) is 43.5 Å². The molecule has 4 heteroatoms. The van der Waals surface area contributed by atoms with Crippen LogP contribution in [0, 0.1) is 0 Å². The average molecular weight is 390 g/mol. The second kappa shape index (κ2) is 8.83. The normalized spacial score (nSPS) is 19.4. The first-order valence-corrected chi connectivity index (χ1v) is 10.8. The number of nitrogen functional groups attached to an aromatic ring is 1. The molecule has 0 radical (unpaired) electrons. The van der Waals surface area contributed by atoms with Crippen LogP contribution in [-0.2, 0) is 11.2 Å². The van der Waals surface area contributed by atoms with E-state index >= 15 is 0 Å². The van der Waals surface area contributed by atoms with Crippen molar-refractivity contribution < 1.29 is 4.79 Å². The number of unbranched alkanes of at least 4 members (excludes halogenated alkanes) is 1. The second-order valence-electron chi connectivity index (χ2n) is 8.21. The topological polar surface area (TPSA) is 49.6 Å². The maximum atomic E-state index is 12.0. The molecule has 1 heterocycles. The Labute approximate surface area is 174 Å². The summed E-state index contributed by atoms with van der Waals surface area (Å²) in [5, 5.41) is 0. The number of rotatable bonds is 6. The third kappa shape index (κ3) is 4.38. The molecule has 4 rings (SSSR count). The summed E-state index contributed by atoms with van der Waals surface area (Å²) >= 11 is 0. The first kappa shape index (κ1) is 19.7. The van der Waals surface area contributed by atoms with Crippen LogP contribution in [0.25, 0.3) is 6.08 Å². The summed E-state index contributed by atoms with van der Waals surface area (Å²) in [6.07, 6.45) is 6.95. The number of nitrogens with two attached hydrogens (primary N) is 1. The molecular formula is C25H31N3O. The molecule has 152 valence electrons. The number of fused-ring (bicyclic) bond motifs is 1. The zero-order valence-corrected chi connectivity index (χ0v) is 17.3. The first-order valence-electron chi connectivity index (χ1n) is 10.8. The lowest BCUT2D eigenvalue weighted by atomic mass is 9.83. The molecule has 1 unspecified atom stereocenters. The van der Waals surface area contributed by atoms with Gasteiger partial charge in [0.15, 0.2) is 5.78 Å². The fourth-order valence-electron chi connectivity index (χ4n) is 4.52. The Morgan fingerprint density at radius 3 is 2.48 bits per heavy atom. The monoisotopic (exact) mass is 389 g/mol. The number of piperazine rings is 1. The van der Waals surface area contributed by atoms with E-state index in [9.17, 15) is 4.79 Å². The summed E-state index contributed by atoms with van der Waals surface area (Å²) in [4.78, 5) is 17.0. The fourth-order valence-corrected chi connectivity index (χ4v) is 4.52. The Bertz CT molecular complexity index is 882. The molecule has 1 saturated heterocycles. The summed E-state index contributed by atoms with van der Waals surface area (Å²) in [5.41, 5.74) is 12.0. The zero-order chi connectivity index (χ0) is 20.2. The van der Waals surface area contributed by atoms with E-state index in [0.717, 1.165) is 56.8 Å². The van der Waals surface area contributed by atoms with E-state index in [1.807, 2.05) is 25.1 Å². The smallest absolute Gasteiger partial charge is 0.162 e. The second-order valence-corrected chi connectivity index (χ2v) is 8.21. The Kier molecular flexibility index (Phi) is 6.00. The standard InChI is InChI=1S/C25H31N3O/c1-19-21-10-12-24(26)23(22(21)11-13-25(19)29)9-5-6-14-27-15-17-28(18-16-27)20-7-3-2-4-8-20/h2-4,7-8,10-13,19H,5-6,9,14-18,26H2,1H3. The van der Waals surface area contributed by atoms with E-state index in [1.54, 1.807) is 6.08 Å². The van der Waals surface area contributed by atoms with Crippen molar-refractivity contribution in [2.24, 2.45) is 0 Å². The summed E-state index contributed by atoms with van der Waals surface area (Å²) in [5.74, 6) is 0.123. The molecule has 2 aliphatic rings. The summed E-state index contributed by atoms with van der Waals surface area (Å²) in [7, 11) is 0. The van der Waals surface area contributed by atoms with E-state index in [4.69, 9.17) is 5.73 Å². The summed E-state index contributed by atoms with van der Waals surface area (Å²) in [6.45, 7) is 7.57. The number of hydrogen-bond acceptors (Lipinski definition) is 4. The number of para-hydroxylation sites is 1. The fraction of sp³-hybridized carbons (Fsp3) is 0.400. The maximum Gasteiger partial charge on any atom is 0.162 e. The number of nitrogens with zero attached hydrogens (tertiary/aromatic N) is 2. The van der Waals surface area contributed by atoms with Crippen molar-refractivity contribution in [1.82, 2.24) is 4.90 Å². The van der Waals surface area contributed by atoms with Crippen LogP contribution in [0.3, 0.4) is 0 Å². The molecule has 0 bridgehead atoms. The number of allylic oxidation sites excluding steroid dienone is 1. The van der Waals surface area contributed by atoms with Gasteiger partial charge in [0.2, 0.25) is 0 Å². The highest BCUT2D eigenvalue weighted by Gasteiger charge is 2.22. The molecule has 0 saturated carbocycles. The van der Waals surface area contributed by atoms with Crippen LogP contribution in [0.1, 0.15) is 42.4 Å². The van der Waals surface area contributed by atoms with Crippen molar-refractivity contribution in [3.63, 3.8) is 0 Å². The van der Waals surface area contributed by atoms with Crippen molar-refractivity contribution in [2.75, 3.05) is 43.4 Å². The van der Waals surface area contributed by atoms with Gasteiger partial charge in [-0.05, 0) is 66.8 Å². The number of hydrogen-bond donors (Lipinski definition) is 1. The zero-order valence-electron chi connectivity index (χ0n) is 17.3. The molecule has 1 fully saturated rings. The van der Waals surface area contributed by atoms with Crippen molar-refractivity contribution in [1.29, 1.82) is 0 Å². The van der Waals surface area contributed by atoms with Crippen LogP contribution in [0.5, 0.6) is 0 Å². The average Bonchev–Trinajstić information content (AvgIpc) is 2.76. The molecule has 2 N–H and O–H groups in total. The lowest BCUT2D eigenvalue weighted by Crippen LogP contribution is -2.46. The van der Waals surface area contributed by atoms with E-state index in [2.05, 4.69) is 40.1 Å². The Hall–Kier alpha value is -2.59. The van der Waals surface area contributed by atoms with Crippen molar-refractivity contribution in [3.8, 4) is 0 Å². The van der Waals surface area contributed by atoms with Crippen molar-refractivity contribution >= 4 is 23.2 Å². The Balaban J connectivity index is 1.27. The van der Waals surface area contributed by atoms with Crippen LogP contribution in [0.2, 0.25) is 0 Å². The van der Waals surface area contributed by atoms with Crippen molar-refractivity contribution in [2.45, 2.75) is 32.1 Å². The molecule has 1 aliphatic heterocycles.